The van der Waals surface area contributed by atoms with E-state index in [0.29, 0.717) is 11.8 Å². The van der Waals surface area contributed by atoms with E-state index in [9.17, 15) is 24.1 Å². The third-order valence-electron chi connectivity index (χ3n) is 8.57. The van der Waals surface area contributed by atoms with Crippen molar-refractivity contribution in [2.24, 2.45) is 5.41 Å². The third kappa shape index (κ3) is 3.85. The first-order valence-corrected chi connectivity index (χ1v) is 12.4. The number of hydrogen-bond acceptors (Lipinski definition) is 8. The fourth-order valence-corrected chi connectivity index (χ4v) is 6.27. The van der Waals surface area contributed by atoms with Crippen LogP contribution in [0.5, 0.6) is 5.75 Å². The quantitative estimate of drug-likeness (QED) is 0.328. The number of aliphatic hydroxyl groups is 3. The Morgan fingerprint density at radius 2 is 1.77 bits per heavy atom. The van der Waals surface area contributed by atoms with Gasteiger partial charge in [-0.1, -0.05) is 12.1 Å². The number of ether oxygens (including phenoxy) is 2. The lowest BCUT2D eigenvalue weighted by Gasteiger charge is -2.74. The van der Waals surface area contributed by atoms with Gasteiger partial charge in [0.2, 0.25) is 0 Å². The van der Waals surface area contributed by atoms with Gasteiger partial charge in [-0.3, -0.25) is 0 Å². The highest BCUT2D eigenvalue weighted by molar-refractivity contribution is 5.44. The fraction of sp³-hybridized carbons (Fsp3) is 0.500. The minimum atomic E-state index is -3.81. The number of tetrazole rings is 1. The number of nitrogens with zero attached hydrogens (tertiary/aromatic N) is 4. The van der Waals surface area contributed by atoms with Crippen molar-refractivity contribution in [3.63, 3.8) is 0 Å². The van der Waals surface area contributed by atoms with Crippen molar-refractivity contribution in [1.82, 2.24) is 20.2 Å². The van der Waals surface area contributed by atoms with Crippen LogP contribution in [0.25, 0.3) is 0 Å². The van der Waals surface area contributed by atoms with E-state index in [4.69, 9.17) is 9.47 Å². The second-order valence-corrected chi connectivity index (χ2v) is 11.1. The van der Waals surface area contributed by atoms with Gasteiger partial charge in [0.05, 0.1) is 19.8 Å². The summed E-state index contributed by atoms with van der Waals surface area (Å²) >= 11 is 0. The molecule has 3 saturated carbocycles. The predicted molar refractivity (Wildman–Crippen MR) is 125 cm³/mol. The van der Waals surface area contributed by atoms with E-state index in [-0.39, 0.29) is 39.1 Å². The Balaban J connectivity index is 1.19. The minimum Gasteiger partial charge on any atom is -0.491 e. The van der Waals surface area contributed by atoms with Crippen molar-refractivity contribution in [1.29, 1.82) is 0 Å². The van der Waals surface area contributed by atoms with E-state index < -0.39 is 57.8 Å². The van der Waals surface area contributed by atoms with Gasteiger partial charge in [-0.15, -0.1) is 5.10 Å². The van der Waals surface area contributed by atoms with Gasteiger partial charge in [0.25, 0.3) is 5.92 Å². The van der Waals surface area contributed by atoms with E-state index >= 15 is 8.78 Å². The van der Waals surface area contributed by atoms with Gasteiger partial charge in [0, 0.05) is 17.0 Å². The van der Waals surface area contributed by atoms with Crippen LogP contribution in [-0.2, 0) is 22.3 Å². The number of aliphatic hydroxyl groups excluding tert-OH is 1. The molecule has 3 aliphatic carbocycles. The first kappa shape index (κ1) is 26.1. The van der Waals surface area contributed by atoms with E-state index in [1.54, 1.807) is 24.3 Å². The van der Waals surface area contributed by atoms with Gasteiger partial charge in [-0.05, 0) is 64.9 Å². The Hall–Kier alpha value is -3.13. The van der Waals surface area contributed by atoms with E-state index in [1.165, 1.54) is 0 Å². The van der Waals surface area contributed by atoms with Gasteiger partial charge in [-0.2, -0.15) is 0 Å². The van der Waals surface area contributed by atoms with Crippen LogP contribution in [0.15, 0.2) is 48.8 Å². The number of hydrogen-bond donors (Lipinski definition) is 3. The summed E-state index contributed by atoms with van der Waals surface area (Å²) in [5.74, 6) is -5.61. The fourth-order valence-electron chi connectivity index (χ4n) is 6.27. The summed E-state index contributed by atoms with van der Waals surface area (Å²) in [7, 11) is 0. The standard InChI is InChI=1S/C26H26F4N4O5/c27-17-3-6-19(20(28)7-17)25(37,12-34-15-31-32-33-34)26(29,30)23-9-22(10-23,11-23)16-1-4-18(5-2-16)39-8-21(35)24(36)13-38-14-24/h1-7,15,21,35-37H,8-14H2. The summed E-state index contributed by atoms with van der Waals surface area (Å²) in [6, 6.07) is 8.96. The van der Waals surface area contributed by atoms with Crippen molar-refractivity contribution in [2.75, 3.05) is 19.8 Å². The maximum atomic E-state index is 16.3. The zero-order valence-corrected chi connectivity index (χ0v) is 20.6. The van der Waals surface area contributed by atoms with Crippen LogP contribution in [0.1, 0.15) is 30.4 Å². The lowest BCUT2D eigenvalue weighted by atomic mass is 9.30. The monoisotopic (exact) mass is 550 g/mol. The molecule has 9 nitrogen and oxygen atoms in total. The number of benzene rings is 2. The van der Waals surface area contributed by atoms with Crippen LogP contribution in [-0.4, -0.2) is 73.0 Å². The Kier molecular flexibility index (Phi) is 5.81. The van der Waals surface area contributed by atoms with E-state index in [1.807, 2.05) is 0 Å². The number of halogens is 4. The van der Waals surface area contributed by atoms with Crippen molar-refractivity contribution in [3.05, 3.63) is 71.6 Å². The number of alkyl halides is 2. The molecule has 2 heterocycles. The van der Waals surface area contributed by atoms with Crippen LogP contribution in [0.2, 0.25) is 0 Å². The van der Waals surface area contributed by atoms with Gasteiger partial charge in [-0.25, -0.2) is 22.2 Å². The van der Waals surface area contributed by atoms with E-state index in [0.717, 1.165) is 28.7 Å². The van der Waals surface area contributed by atoms with Crippen molar-refractivity contribution in [2.45, 2.75) is 54.5 Å². The van der Waals surface area contributed by atoms with Crippen molar-refractivity contribution < 1.29 is 42.4 Å². The smallest absolute Gasteiger partial charge is 0.287 e. The molecule has 1 aliphatic heterocycles. The lowest BCUT2D eigenvalue weighted by molar-refractivity contribution is -0.347. The molecule has 1 saturated heterocycles. The average Bonchev–Trinajstić information content (AvgIpc) is 3.32. The predicted octanol–water partition coefficient (Wildman–Crippen LogP) is 2.10. The van der Waals surface area contributed by atoms with Crippen LogP contribution >= 0.6 is 0 Å². The summed E-state index contributed by atoms with van der Waals surface area (Å²) in [5.41, 5.74) is -6.41. The Bertz CT molecular complexity index is 1350. The summed E-state index contributed by atoms with van der Waals surface area (Å²) < 4.78 is 72.3. The van der Waals surface area contributed by atoms with Gasteiger partial charge in [0.15, 0.2) is 5.60 Å². The highest BCUT2D eigenvalue weighted by Crippen LogP contribution is 2.80. The first-order chi connectivity index (χ1) is 18.4. The zero-order valence-electron chi connectivity index (χ0n) is 20.6. The van der Waals surface area contributed by atoms with Crippen LogP contribution in [0.4, 0.5) is 17.6 Å². The molecule has 208 valence electrons. The molecule has 0 radical (unpaired) electrons. The molecule has 4 fully saturated rings. The highest BCUT2D eigenvalue weighted by Gasteiger charge is 2.82. The second kappa shape index (κ2) is 8.68. The summed E-state index contributed by atoms with van der Waals surface area (Å²) in [6.45, 7) is -0.906. The Labute approximate surface area is 220 Å². The van der Waals surface area contributed by atoms with Crippen LogP contribution in [0.3, 0.4) is 0 Å². The SMILES string of the molecule is OC(COc1ccc(C23CC(C(F)(F)C(O)(Cn4cnnn4)c4ccc(F)cc4F)(C2)C3)cc1)C1(O)COC1. The molecule has 13 heteroatoms. The molecule has 2 bridgehead atoms. The van der Waals surface area contributed by atoms with Gasteiger partial charge < -0.3 is 24.8 Å². The molecule has 3 aromatic rings. The first-order valence-electron chi connectivity index (χ1n) is 12.4. The zero-order chi connectivity index (χ0) is 27.7. The van der Waals surface area contributed by atoms with Crippen LogP contribution in [0, 0.1) is 17.0 Å². The minimum absolute atomic E-state index is 0.0318. The third-order valence-corrected chi connectivity index (χ3v) is 8.57. The molecule has 2 unspecified atom stereocenters. The highest BCUT2D eigenvalue weighted by atomic mass is 19.3. The molecule has 4 aliphatic rings. The molecule has 2 aromatic carbocycles. The lowest BCUT2D eigenvalue weighted by Crippen LogP contribution is -2.76. The number of rotatable bonds is 10. The molecular weight excluding hydrogens is 524 g/mol. The number of aromatic nitrogens is 4. The summed E-state index contributed by atoms with van der Waals surface area (Å²) in [4.78, 5) is 0. The molecule has 1 aromatic heterocycles. The van der Waals surface area contributed by atoms with Crippen molar-refractivity contribution in [3.8, 4) is 5.75 Å². The maximum absolute atomic E-state index is 16.3. The van der Waals surface area contributed by atoms with Crippen molar-refractivity contribution >= 4 is 0 Å². The Morgan fingerprint density at radius 1 is 1.08 bits per heavy atom. The second-order valence-electron chi connectivity index (χ2n) is 11.1. The summed E-state index contributed by atoms with van der Waals surface area (Å²) in [5, 5.41) is 42.0. The molecule has 0 spiro atoms. The van der Waals surface area contributed by atoms with Gasteiger partial charge in [0.1, 0.15) is 42.0 Å². The molecule has 3 N–H and O–H groups in total. The molecule has 0 amide bonds. The normalized spacial score (nSPS) is 27.5. The van der Waals surface area contributed by atoms with E-state index in [2.05, 4.69) is 15.5 Å². The largest absolute Gasteiger partial charge is 0.491 e. The molecule has 7 rings (SSSR count). The molecule has 2 atom stereocenters. The Morgan fingerprint density at radius 3 is 2.33 bits per heavy atom. The van der Waals surface area contributed by atoms with Gasteiger partial charge >= 0.3 is 0 Å². The molecule has 39 heavy (non-hydrogen) atoms. The van der Waals surface area contributed by atoms with Crippen LogP contribution < -0.4 is 4.74 Å². The topological polar surface area (TPSA) is 123 Å². The molecular formula is C26H26F4N4O5. The summed E-state index contributed by atoms with van der Waals surface area (Å²) in [6.07, 6.45) is 0.0808. The maximum Gasteiger partial charge on any atom is 0.287 e. The average molecular weight is 551 g/mol.